The van der Waals surface area contributed by atoms with Crippen LogP contribution < -0.4 is 0 Å². The van der Waals surface area contributed by atoms with Crippen molar-refractivity contribution in [1.82, 2.24) is 0 Å². The van der Waals surface area contributed by atoms with Gasteiger partial charge in [0.15, 0.2) is 0 Å². The molecule has 1 heteroatoms. The first-order valence-corrected chi connectivity index (χ1v) is 7.57. The molecule has 16 heavy (non-hydrogen) atoms. The van der Waals surface area contributed by atoms with Crippen LogP contribution >= 0.6 is 0 Å². The summed E-state index contributed by atoms with van der Waals surface area (Å²) in [5.41, 5.74) is 3.39. The predicted octanol–water partition coefficient (Wildman–Crippen LogP) is 4.10. The summed E-state index contributed by atoms with van der Waals surface area (Å²) in [6.07, 6.45) is 1.18. The monoisotopic (exact) mass is 280 g/mol. The van der Waals surface area contributed by atoms with Gasteiger partial charge in [0.1, 0.15) is 0 Å². The Morgan fingerprint density at radius 2 is 1.81 bits per heavy atom. The van der Waals surface area contributed by atoms with Crippen molar-refractivity contribution in [3.63, 3.8) is 0 Å². The van der Waals surface area contributed by atoms with Crippen LogP contribution in [0.1, 0.15) is 36.3 Å². The summed E-state index contributed by atoms with van der Waals surface area (Å²) >= 11 is 0.577. The molecule has 0 bridgehead atoms. The normalized spacial score (nSPS) is 12.3. The predicted molar refractivity (Wildman–Crippen MR) is 73.5 cm³/mol. The molecule has 2 rings (SSSR count). The summed E-state index contributed by atoms with van der Waals surface area (Å²) in [5.74, 6) is 0. The van der Waals surface area contributed by atoms with Crippen molar-refractivity contribution in [3.8, 4) is 0 Å². The Balaban J connectivity index is 2.45. The molecule has 0 saturated carbocycles. The van der Waals surface area contributed by atoms with E-state index in [0.717, 1.165) is 0 Å². The molecule has 0 nitrogen and oxygen atoms in total. The fraction of sp³-hybridized carbons (Fsp3) is 0.467. The van der Waals surface area contributed by atoms with E-state index in [4.69, 9.17) is 0 Å². The third kappa shape index (κ3) is 2.42. The molecule has 1 aromatic heterocycles. The van der Waals surface area contributed by atoms with Gasteiger partial charge in [0.25, 0.3) is 0 Å². The quantitative estimate of drug-likeness (QED) is 0.689. The molecule has 0 spiro atoms. The first-order valence-electron chi connectivity index (χ1n) is 5.85. The summed E-state index contributed by atoms with van der Waals surface area (Å²) in [6.45, 7) is 11.4. The third-order valence-electron chi connectivity index (χ3n) is 2.98. The molecule has 2 aromatic rings. The number of aryl methyl sites for hydroxylation is 2. The molecule has 0 aliphatic rings. The van der Waals surface area contributed by atoms with Gasteiger partial charge in [0.2, 0.25) is 0 Å². The van der Waals surface area contributed by atoms with Crippen molar-refractivity contribution in [1.29, 1.82) is 0 Å². The van der Waals surface area contributed by atoms with E-state index in [2.05, 4.69) is 52.8 Å². The number of hydrogen-bond donors (Lipinski definition) is 0. The van der Waals surface area contributed by atoms with E-state index in [9.17, 15) is 0 Å². The summed E-state index contributed by atoms with van der Waals surface area (Å²) in [7, 11) is 0. The molecule has 1 aromatic carbocycles. The number of hydrogen-bond acceptors (Lipinski definition) is 0. The second-order valence-electron chi connectivity index (χ2n) is 5.85. The molecule has 0 N–H and O–H groups in total. The van der Waals surface area contributed by atoms with E-state index in [1.165, 1.54) is 22.9 Å². The van der Waals surface area contributed by atoms with Gasteiger partial charge in [-0.3, -0.25) is 0 Å². The Bertz CT molecular complexity index is 512. The maximum atomic E-state index is 2.43. The van der Waals surface area contributed by atoms with E-state index in [1.807, 2.05) is 0 Å². The molecule has 0 amide bonds. The van der Waals surface area contributed by atoms with Crippen molar-refractivity contribution in [2.75, 3.05) is 0 Å². The summed E-state index contributed by atoms with van der Waals surface area (Å²) < 4.78 is 3.18. The van der Waals surface area contributed by atoms with Crippen molar-refractivity contribution in [3.05, 3.63) is 33.8 Å². The van der Waals surface area contributed by atoms with E-state index < -0.39 is 0 Å². The van der Waals surface area contributed by atoms with Gasteiger partial charge in [0.05, 0.1) is 0 Å². The van der Waals surface area contributed by atoms with Crippen LogP contribution in [-0.4, -0.2) is 14.5 Å². The van der Waals surface area contributed by atoms with Crippen LogP contribution in [0.3, 0.4) is 0 Å². The zero-order valence-electron chi connectivity index (χ0n) is 10.8. The molecule has 0 aliphatic heterocycles. The molecule has 86 valence electrons. The Hall–Kier alpha value is -0.521. The molecular weight excluding hydrogens is 259 g/mol. The molecule has 0 aliphatic carbocycles. The Morgan fingerprint density at radius 1 is 1.12 bits per heavy atom. The van der Waals surface area contributed by atoms with Gasteiger partial charge >= 0.3 is 104 Å². The standard InChI is InChI=1S/C15H20Se/c1-10-11(2)16-14-8-12(6-7-13(10)14)9-15(3,4)5/h6-8H,9H2,1-5H3. The van der Waals surface area contributed by atoms with Gasteiger partial charge < -0.3 is 0 Å². The van der Waals surface area contributed by atoms with Crippen LogP contribution in [0.5, 0.6) is 0 Å². The molecule has 0 saturated heterocycles. The van der Waals surface area contributed by atoms with E-state index in [1.54, 1.807) is 8.70 Å². The van der Waals surface area contributed by atoms with Crippen LogP contribution in [0.4, 0.5) is 0 Å². The van der Waals surface area contributed by atoms with Gasteiger partial charge in [-0.1, -0.05) is 0 Å². The van der Waals surface area contributed by atoms with Gasteiger partial charge in [-0.25, -0.2) is 0 Å². The van der Waals surface area contributed by atoms with E-state index >= 15 is 0 Å². The van der Waals surface area contributed by atoms with Crippen molar-refractivity contribution < 1.29 is 0 Å². The maximum absolute atomic E-state index is 2.43. The van der Waals surface area contributed by atoms with Crippen molar-refractivity contribution in [2.45, 2.75) is 41.0 Å². The molecule has 0 unspecified atom stereocenters. The first kappa shape index (κ1) is 12.0. The summed E-state index contributed by atoms with van der Waals surface area (Å²) in [6, 6.07) is 7.06. The Morgan fingerprint density at radius 3 is 2.44 bits per heavy atom. The second kappa shape index (κ2) is 4.05. The third-order valence-corrected chi connectivity index (χ3v) is 5.43. The average molecular weight is 279 g/mol. The summed E-state index contributed by atoms with van der Waals surface area (Å²) in [4.78, 5) is 0. The molecule has 0 radical (unpaired) electrons. The van der Waals surface area contributed by atoms with Gasteiger partial charge in [-0.15, -0.1) is 0 Å². The van der Waals surface area contributed by atoms with Gasteiger partial charge in [-0.05, 0) is 0 Å². The molecule has 1 heterocycles. The second-order valence-corrected chi connectivity index (χ2v) is 8.49. The number of rotatable bonds is 1. The molecule has 0 atom stereocenters. The number of benzene rings is 1. The Labute approximate surface area is 104 Å². The number of fused-ring (bicyclic) bond motifs is 1. The van der Waals surface area contributed by atoms with Crippen LogP contribution in [-0.2, 0) is 6.42 Å². The van der Waals surface area contributed by atoms with Gasteiger partial charge in [-0.2, -0.15) is 0 Å². The van der Waals surface area contributed by atoms with E-state index in [-0.39, 0.29) is 0 Å². The fourth-order valence-electron chi connectivity index (χ4n) is 2.11. The van der Waals surface area contributed by atoms with Crippen LogP contribution in [0.25, 0.3) is 9.65 Å². The van der Waals surface area contributed by atoms with Crippen molar-refractivity contribution >= 4 is 24.1 Å². The van der Waals surface area contributed by atoms with Gasteiger partial charge in [0, 0.05) is 0 Å². The SMILES string of the molecule is Cc1[se]c2cc(CC(C)(C)C)ccc2c1C. The topological polar surface area (TPSA) is 0 Å². The van der Waals surface area contributed by atoms with Crippen LogP contribution in [0, 0.1) is 19.3 Å². The Kier molecular flexibility index (Phi) is 3.03. The zero-order chi connectivity index (χ0) is 11.9. The first-order chi connectivity index (χ1) is 7.37. The molecular formula is C15H20Se. The minimum atomic E-state index is 0.386. The van der Waals surface area contributed by atoms with Crippen LogP contribution in [0.15, 0.2) is 18.2 Å². The summed E-state index contributed by atoms with van der Waals surface area (Å²) in [5, 5.41) is 1.50. The van der Waals surface area contributed by atoms with Crippen molar-refractivity contribution in [2.24, 2.45) is 5.41 Å². The zero-order valence-corrected chi connectivity index (χ0v) is 12.6. The fourth-order valence-corrected chi connectivity index (χ4v) is 4.49. The molecule has 0 fully saturated rings. The van der Waals surface area contributed by atoms with Crippen LogP contribution in [0.2, 0.25) is 0 Å². The average Bonchev–Trinajstić information content (AvgIpc) is 2.40. The van der Waals surface area contributed by atoms with E-state index in [0.29, 0.717) is 19.9 Å². The minimum absolute atomic E-state index is 0.386.